The number of alkyl halides is 3. The normalized spacial score (nSPS) is 17.9. The predicted octanol–water partition coefficient (Wildman–Crippen LogP) is 7.17. The first-order valence-corrected chi connectivity index (χ1v) is 8.99. The number of rotatable bonds is 4. The number of aryl methyl sites for hydroxylation is 1. The van der Waals surface area contributed by atoms with Crippen LogP contribution in [0.3, 0.4) is 0 Å². The smallest absolute Gasteiger partial charge is 0.312 e. The van der Waals surface area contributed by atoms with E-state index in [1.54, 1.807) is 6.07 Å². The summed E-state index contributed by atoms with van der Waals surface area (Å²) < 4.78 is 54.1. The first-order chi connectivity index (χ1) is 12.7. The zero-order valence-corrected chi connectivity index (χ0v) is 15.5. The van der Waals surface area contributed by atoms with E-state index in [0.717, 1.165) is 42.2 Å². The van der Waals surface area contributed by atoms with Gasteiger partial charge in [0, 0.05) is 12.1 Å². The van der Waals surface area contributed by atoms with E-state index in [0.29, 0.717) is 5.56 Å². The number of hydrogen-bond acceptors (Lipinski definition) is 1. The van der Waals surface area contributed by atoms with Gasteiger partial charge in [0.15, 0.2) is 5.82 Å². The fourth-order valence-corrected chi connectivity index (χ4v) is 3.82. The van der Waals surface area contributed by atoms with Crippen LogP contribution in [0.1, 0.15) is 40.5 Å². The van der Waals surface area contributed by atoms with Gasteiger partial charge in [-0.05, 0) is 47.2 Å². The Bertz CT molecular complexity index is 882. The molecule has 0 amide bonds. The van der Waals surface area contributed by atoms with Gasteiger partial charge in [-0.2, -0.15) is 13.2 Å². The molecule has 1 aliphatic rings. The molecule has 0 aliphatic heterocycles. The van der Waals surface area contributed by atoms with Crippen molar-refractivity contribution in [2.45, 2.75) is 30.9 Å². The van der Waals surface area contributed by atoms with Crippen LogP contribution < -0.4 is 0 Å². The summed E-state index contributed by atoms with van der Waals surface area (Å²) in [6.45, 7) is 0. The molecule has 7 heteroatoms. The van der Waals surface area contributed by atoms with E-state index in [9.17, 15) is 17.6 Å². The fourth-order valence-electron chi connectivity index (χ4n) is 3.32. The van der Waals surface area contributed by atoms with Crippen LogP contribution in [0, 0.1) is 11.2 Å². The summed E-state index contributed by atoms with van der Waals surface area (Å²) >= 11 is 11.3. The zero-order chi connectivity index (χ0) is 19.8. The van der Waals surface area contributed by atoms with E-state index in [2.05, 4.69) is 0 Å². The van der Waals surface area contributed by atoms with Crippen molar-refractivity contribution in [3.63, 3.8) is 0 Å². The van der Waals surface area contributed by atoms with Gasteiger partial charge in [0.25, 0.3) is 0 Å². The Kier molecular flexibility index (Phi) is 5.63. The molecular weight excluding hydrogens is 401 g/mol. The summed E-state index contributed by atoms with van der Waals surface area (Å²) in [5.41, 5.74) is 2.50. The minimum absolute atomic E-state index is 0.0736. The number of halogens is 6. The first kappa shape index (κ1) is 19.9. The van der Waals surface area contributed by atoms with Gasteiger partial charge >= 0.3 is 6.18 Å². The molecule has 1 aliphatic carbocycles. The number of hydrogen-bond donors (Lipinski definition) is 1. The van der Waals surface area contributed by atoms with Gasteiger partial charge in [0.1, 0.15) is 0 Å². The molecule has 2 aromatic rings. The highest BCUT2D eigenvalue weighted by Crippen LogP contribution is 2.39. The van der Waals surface area contributed by atoms with E-state index in [1.807, 2.05) is 12.1 Å². The number of allylic oxidation sites excluding steroid dienone is 1. The van der Waals surface area contributed by atoms with E-state index >= 15 is 0 Å². The molecular formula is C20H15Cl2F4N. The molecule has 0 saturated carbocycles. The van der Waals surface area contributed by atoms with E-state index < -0.39 is 28.0 Å². The van der Waals surface area contributed by atoms with Crippen LogP contribution in [0.15, 0.2) is 36.4 Å². The fraction of sp³-hybridized carbons (Fsp3) is 0.250. The molecule has 1 N–H and O–H groups in total. The second kappa shape index (κ2) is 7.64. The van der Waals surface area contributed by atoms with E-state index in [4.69, 9.17) is 28.6 Å². The number of benzene rings is 2. The third-order valence-electron chi connectivity index (χ3n) is 4.69. The molecule has 27 heavy (non-hydrogen) atoms. The van der Waals surface area contributed by atoms with Gasteiger partial charge in [-0.3, -0.25) is 0 Å². The van der Waals surface area contributed by atoms with Gasteiger partial charge in [-0.25, -0.2) is 4.39 Å². The largest absolute Gasteiger partial charge is 0.399 e. The maximum atomic E-state index is 13.5. The van der Waals surface area contributed by atoms with Gasteiger partial charge in [-0.1, -0.05) is 53.6 Å². The minimum Gasteiger partial charge on any atom is -0.312 e. The Balaban J connectivity index is 1.93. The van der Waals surface area contributed by atoms with Crippen LogP contribution in [-0.2, 0) is 6.42 Å². The molecule has 0 fully saturated rings. The van der Waals surface area contributed by atoms with E-state index in [1.165, 1.54) is 12.3 Å². The molecule has 0 heterocycles. The van der Waals surface area contributed by atoms with Crippen molar-refractivity contribution in [1.29, 1.82) is 5.41 Å². The zero-order valence-electron chi connectivity index (χ0n) is 14.0. The van der Waals surface area contributed by atoms with Crippen LogP contribution in [0.2, 0.25) is 10.0 Å². The lowest BCUT2D eigenvalue weighted by atomic mass is 9.96. The Hall–Kier alpha value is -1.85. The molecule has 0 spiro atoms. The highest BCUT2D eigenvalue weighted by molar-refractivity contribution is 6.35. The summed E-state index contributed by atoms with van der Waals surface area (Å²) in [4.78, 5) is 0. The van der Waals surface area contributed by atoms with Crippen molar-refractivity contribution < 1.29 is 17.6 Å². The molecule has 0 radical (unpaired) electrons. The average Bonchev–Trinajstić information content (AvgIpc) is 3.01. The van der Waals surface area contributed by atoms with Crippen molar-refractivity contribution in [3.05, 3.63) is 74.5 Å². The highest BCUT2D eigenvalue weighted by Gasteiger charge is 2.39. The van der Waals surface area contributed by atoms with Crippen LogP contribution in [0.4, 0.5) is 17.6 Å². The predicted molar refractivity (Wildman–Crippen MR) is 101 cm³/mol. The summed E-state index contributed by atoms with van der Waals surface area (Å²) in [6.07, 6.45) is 0.852. The molecule has 0 aromatic heterocycles. The maximum absolute atomic E-state index is 13.5. The molecule has 2 aromatic carbocycles. The quantitative estimate of drug-likeness (QED) is 0.310. The molecule has 1 nitrogen and oxygen atoms in total. The van der Waals surface area contributed by atoms with Crippen molar-refractivity contribution in [2.75, 3.05) is 0 Å². The standard InChI is InChI=1S/C20H15Cl2F4N/c21-17-8-14(9-18(22)19(17)23)16(20(24,25)26)6-2-11-1-5-15-12(7-11)3-4-13(15)10-27/h1-2,5-10,13,16,27H,3-4H2/b6-2+,27-10?. The van der Waals surface area contributed by atoms with Gasteiger partial charge in [0.05, 0.1) is 16.0 Å². The highest BCUT2D eigenvalue weighted by atomic mass is 35.5. The van der Waals surface area contributed by atoms with Crippen molar-refractivity contribution in [2.24, 2.45) is 0 Å². The third-order valence-corrected chi connectivity index (χ3v) is 5.24. The summed E-state index contributed by atoms with van der Waals surface area (Å²) in [7, 11) is 0. The lowest BCUT2D eigenvalue weighted by Crippen LogP contribution is -2.19. The number of nitrogens with one attached hydrogen (secondary N) is 1. The lowest BCUT2D eigenvalue weighted by Gasteiger charge is -2.18. The first-order valence-electron chi connectivity index (χ1n) is 8.23. The third kappa shape index (κ3) is 4.19. The van der Waals surface area contributed by atoms with Crippen LogP contribution >= 0.6 is 23.2 Å². The SMILES string of the molecule is N=CC1CCc2cc(/C=C/C(c3cc(Cl)c(F)c(Cl)c3)C(F)(F)F)ccc21. The van der Waals surface area contributed by atoms with Crippen molar-refractivity contribution in [3.8, 4) is 0 Å². The monoisotopic (exact) mass is 415 g/mol. The Labute approximate surface area is 164 Å². The molecule has 0 saturated heterocycles. The van der Waals surface area contributed by atoms with Gasteiger partial charge in [0.2, 0.25) is 0 Å². The average molecular weight is 416 g/mol. The molecule has 2 atom stereocenters. The van der Waals surface area contributed by atoms with E-state index in [-0.39, 0.29) is 11.5 Å². The Morgan fingerprint density at radius 1 is 1.11 bits per heavy atom. The Morgan fingerprint density at radius 2 is 1.78 bits per heavy atom. The van der Waals surface area contributed by atoms with Gasteiger partial charge < -0.3 is 5.41 Å². The van der Waals surface area contributed by atoms with Gasteiger partial charge in [-0.15, -0.1) is 0 Å². The maximum Gasteiger partial charge on any atom is 0.399 e. The number of fused-ring (bicyclic) bond motifs is 1. The summed E-state index contributed by atoms with van der Waals surface area (Å²) in [5, 5.41) is 6.53. The molecule has 3 rings (SSSR count). The Morgan fingerprint density at radius 3 is 2.37 bits per heavy atom. The van der Waals surface area contributed by atoms with Crippen molar-refractivity contribution >= 4 is 35.5 Å². The molecule has 0 bridgehead atoms. The summed E-state index contributed by atoms with van der Waals surface area (Å²) in [5.74, 6) is -2.83. The summed E-state index contributed by atoms with van der Waals surface area (Å²) in [6, 6.07) is 7.32. The molecule has 2 unspecified atom stereocenters. The van der Waals surface area contributed by atoms with Crippen LogP contribution in [-0.4, -0.2) is 12.4 Å². The lowest BCUT2D eigenvalue weighted by molar-refractivity contribution is -0.139. The molecule has 142 valence electrons. The van der Waals surface area contributed by atoms with Crippen LogP contribution in [0.25, 0.3) is 6.08 Å². The topological polar surface area (TPSA) is 23.9 Å². The van der Waals surface area contributed by atoms with Crippen LogP contribution in [0.5, 0.6) is 0 Å². The second-order valence-corrected chi connectivity index (χ2v) is 7.26. The van der Waals surface area contributed by atoms with Crippen molar-refractivity contribution in [1.82, 2.24) is 0 Å². The second-order valence-electron chi connectivity index (χ2n) is 6.45. The minimum atomic E-state index is -4.58.